The molecule has 0 radical (unpaired) electrons. The topological polar surface area (TPSA) is 114 Å². The van der Waals surface area contributed by atoms with Crippen molar-refractivity contribution in [2.75, 3.05) is 40.9 Å². The molecule has 0 aliphatic heterocycles. The molecule has 3 atom stereocenters. The van der Waals surface area contributed by atoms with Crippen molar-refractivity contribution < 1.29 is 37.3 Å². The molecule has 0 aromatic carbocycles. The maximum absolute atomic E-state index is 13.6. The number of nitrogens with zero attached hydrogens (tertiary/aromatic N) is 1. The molecule has 9 nitrogen and oxygen atoms in total. The van der Waals surface area contributed by atoms with E-state index in [1.54, 1.807) is 0 Å². The van der Waals surface area contributed by atoms with Crippen LogP contribution in [0.15, 0.2) is 97.2 Å². The number of esters is 1. The average Bonchev–Trinajstić information content (AvgIpc) is 3.64. The second kappa shape index (κ2) is 63.0. The van der Waals surface area contributed by atoms with Crippen LogP contribution in [0.5, 0.6) is 0 Å². The molecule has 0 aliphatic carbocycles. The summed E-state index contributed by atoms with van der Waals surface area (Å²) in [5.74, 6) is -0.587. The molecule has 486 valence electrons. The largest absolute Gasteiger partial charge is 0.756 e. The number of carbonyl (C=O) groups is 2. The molecule has 0 heterocycles. The molecule has 1 N–H and O–H groups in total. The van der Waals surface area contributed by atoms with Gasteiger partial charge in [-0.15, -0.1) is 0 Å². The number of ether oxygens (including phenoxy) is 1. The lowest BCUT2D eigenvalue weighted by atomic mass is 10.0. The van der Waals surface area contributed by atoms with E-state index in [0.717, 1.165) is 89.9 Å². The van der Waals surface area contributed by atoms with Gasteiger partial charge >= 0.3 is 5.97 Å². The number of hydrogen-bond acceptors (Lipinski definition) is 7. The number of carbonyl (C=O) groups excluding carboxylic acids is 2. The van der Waals surface area contributed by atoms with Crippen molar-refractivity contribution in [3.63, 3.8) is 0 Å². The maximum Gasteiger partial charge on any atom is 0.306 e. The zero-order chi connectivity index (χ0) is 61.4. The fraction of sp³-hybridized carbons (Fsp3) is 0.757. The average molecular weight is 1190 g/mol. The zero-order valence-electron chi connectivity index (χ0n) is 55.6. The van der Waals surface area contributed by atoms with E-state index >= 15 is 0 Å². The van der Waals surface area contributed by atoms with Crippen molar-refractivity contribution in [2.24, 2.45) is 0 Å². The Bertz CT molecular complexity index is 1760. The van der Waals surface area contributed by atoms with Crippen molar-refractivity contribution in [3.8, 4) is 0 Å². The summed E-state index contributed by atoms with van der Waals surface area (Å²) in [7, 11) is 1.15. The summed E-state index contributed by atoms with van der Waals surface area (Å²) in [5.41, 5.74) is 0. The first-order chi connectivity index (χ1) is 40.9. The number of unbranched alkanes of at least 4 members (excludes halogenated alkanes) is 33. The molecule has 10 heteroatoms. The van der Waals surface area contributed by atoms with Gasteiger partial charge in [0.1, 0.15) is 19.3 Å². The van der Waals surface area contributed by atoms with Crippen LogP contribution in [0.25, 0.3) is 0 Å². The first-order valence-corrected chi connectivity index (χ1v) is 36.5. The van der Waals surface area contributed by atoms with E-state index in [1.165, 1.54) is 180 Å². The smallest absolute Gasteiger partial charge is 0.306 e. The molecule has 3 unspecified atom stereocenters. The number of allylic oxidation sites excluding steroid dienone is 15. The molecule has 84 heavy (non-hydrogen) atoms. The Kier molecular flexibility index (Phi) is 60.7. The van der Waals surface area contributed by atoms with Gasteiger partial charge in [0.25, 0.3) is 7.82 Å². The van der Waals surface area contributed by atoms with Crippen LogP contribution in [0.2, 0.25) is 0 Å². The summed E-state index contributed by atoms with van der Waals surface area (Å²) in [5, 5.41) is 3.01. The number of amides is 1. The monoisotopic (exact) mass is 1190 g/mol. The summed E-state index contributed by atoms with van der Waals surface area (Å²) in [6.07, 6.45) is 85.4. The van der Waals surface area contributed by atoms with E-state index in [4.69, 9.17) is 13.8 Å². The number of phosphoric ester groups is 1. The Hall–Kier alpha value is -3.07. The van der Waals surface area contributed by atoms with Gasteiger partial charge < -0.3 is 28.5 Å². The molecule has 0 saturated heterocycles. The molecular formula is C74H133N2O7P. The Morgan fingerprint density at radius 1 is 0.429 bits per heavy atom. The van der Waals surface area contributed by atoms with Gasteiger partial charge in [0.15, 0.2) is 0 Å². The van der Waals surface area contributed by atoms with Crippen LogP contribution in [0.3, 0.4) is 0 Å². The first-order valence-electron chi connectivity index (χ1n) is 35.0. The number of hydrogen-bond donors (Lipinski definition) is 1. The predicted molar refractivity (Wildman–Crippen MR) is 362 cm³/mol. The fourth-order valence-electron chi connectivity index (χ4n) is 9.87. The normalized spacial score (nSPS) is 14.1. The Labute approximate surface area is 519 Å². The molecule has 0 spiro atoms. The molecule has 0 rings (SSSR count). The van der Waals surface area contributed by atoms with Crippen LogP contribution in [-0.4, -0.2) is 69.4 Å². The third-order valence-corrected chi connectivity index (χ3v) is 16.2. The van der Waals surface area contributed by atoms with E-state index in [9.17, 15) is 19.0 Å². The van der Waals surface area contributed by atoms with Crippen LogP contribution in [0.4, 0.5) is 0 Å². The lowest BCUT2D eigenvalue weighted by molar-refractivity contribution is -0.870. The third-order valence-electron chi connectivity index (χ3n) is 15.2. The first kappa shape index (κ1) is 80.9. The Balaban J connectivity index is 5.14. The van der Waals surface area contributed by atoms with Gasteiger partial charge in [-0.1, -0.05) is 285 Å². The van der Waals surface area contributed by atoms with Crippen LogP contribution < -0.4 is 10.2 Å². The summed E-state index contributed by atoms with van der Waals surface area (Å²) in [6, 6.07) is -0.917. The van der Waals surface area contributed by atoms with Crippen LogP contribution in [0.1, 0.15) is 310 Å². The van der Waals surface area contributed by atoms with Gasteiger partial charge in [0.05, 0.1) is 33.8 Å². The predicted octanol–water partition coefficient (Wildman–Crippen LogP) is 21.7. The van der Waals surface area contributed by atoms with Gasteiger partial charge in [0, 0.05) is 12.8 Å². The number of phosphoric acid groups is 1. The molecular weight excluding hydrogens is 1060 g/mol. The van der Waals surface area contributed by atoms with Gasteiger partial charge in [-0.3, -0.25) is 14.2 Å². The number of rotatable bonds is 63. The van der Waals surface area contributed by atoms with Crippen molar-refractivity contribution in [3.05, 3.63) is 97.2 Å². The molecule has 0 bridgehead atoms. The van der Waals surface area contributed by atoms with Crippen molar-refractivity contribution in [1.29, 1.82) is 0 Å². The van der Waals surface area contributed by atoms with E-state index in [1.807, 2.05) is 33.3 Å². The quantitative estimate of drug-likeness (QED) is 0.0212. The molecule has 0 aliphatic rings. The van der Waals surface area contributed by atoms with Crippen LogP contribution >= 0.6 is 7.82 Å². The number of nitrogens with one attached hydrogen (secondary N) is 1. The van der Waals surface area contributed by atoms with Gasteiger partial charge in [-0.05, 0) is 109 Å². The van der Waals surface area contributed by atoms with Gasteiger partial charge in [0.2, 0.25) is 5.91 Å². The Morgan fingerprint density at radius 3 is 1.17 bits per heavy atom. The number of quaternary nitrogens is 1. The second-order valence-electron chi connectivity index (χ2n) is 24.6. The maximum atomic E-state index is 13.6. The highest BCUT2D eigenvalue weighted by molar-refractivity contribution is 7.45. The Morgan fingerprint density at radius 2 is 0.762 bits per heavy atom. The zero-order valence-corrected chi connectivity index (χ0v) is 56.5. The highest BCUT2D eigenvalue weighted by atomic mass is 31.2. The van der Waals surface area contributed by atoms with Gasteiger partial charge in [-0.25, -0.2) is 0 Å². The molecule has 0 aromatic heterocycles. The summed E-state index contributed by atoms with van der Waals surface area (Å²) in [4.78, 5) is 40.1. The minimum absolute atomic E-state index is 0.0342. The lowest BCUT2D eigenvalue weighted by Gasteiger charge is -2.30. The summed E-state index contributed by atoms with van der Waals surface area (Å²) >= 11 is 0. The van der Waals surface area contributed by atoms with E-state index < -0.39 is 26.6 Å². The van der Waals surface area contributed by atoms with E-state index in [0.29, 0.717) is 17.4 Å². The highest BCUT2D eigenvalue weighted by Gasteiger charge is 2.27. The highest BCUT2D eigenvalue weighted by Crippen LogP contribution is 2.38. The second-order valence-corrected chi connectivity index (χ2v) is 26.1. The van der Waals surface area contributed by atoms with E-state index in [-0.39, 0.29) is 31.3 Å². The molecule has 0 saturated carbocycles. The minimum atomic E-state index is -4.72. The van der Waals surface area contributed by atoms with Crippen molar-refractivity contribution >= 4 is 19.7 Å². The lowest BCUT2D eigenvalue weighted by Crippen LogP contribution is -2.47. The van der Waals surface area contributed by atoms with Crippen LogP contribution in [0, 0.1) is 0 Å². The van der Waals surface area contributed by atoms with E-state index in [2.05, 4.69) is 111 Å². The van der Waals surface area contributed by atoms with Crippen LogP contribution in [-0.2, 0) is 27.9 Å². The molecule has 0 fully saturated rings. The third kappa shape index (κ3) is 63.4. The SMILES string of the molecule is CC/C=C\C/C=C\C/C=C\C/C=C\C/C=C\C/C=C\CCCCC(=O)NC(COP(=O)([O-])OCC[N+](C)(C)C)C(/C=C/CCCCCCCCCCCC)OC(=O)CCCCCCCCCCCCCCCCC/C=C/CCCCCCCC. The standard InChI is InChI=1S/C74H133N2O7P/c1-7-10-13-16-19-22-25-28-30-32-34-36-37-38-39-41-43-45-47-49-52-55-58-61-64-67-74(78)83-72(65-62-59-56-53-50-27-24-21-18-15-12-9-3)71(70-82-84(79,80)81-69-68-76(4,5)6)75-73(77)66-63-60-57-54-51-48-46-44-42-40-35-33-31-29-26-23-20-17-14-11-8-2/h11,14,20,23,28-31,35,40,44,46,51,54,62,65,71-72H,7-10,12-13,15-19,21-22,24-27,32-34,36-39,41-43,45,47-50,52-53,55-61,63-64,66-70H2,1-6H3,(H-,75,77,79,80)/b14-11-,23-20-,30-28+,31-29-,40-35-,46-44-,54-51-,65-62+. The molecule has 0 aromatic rings. The number of likely N-dealkylation sites (N-methyl/N-ethyl adjacent to an activating group) is 1. The molecule has 1 amide bonds. The van der Waals surface area contributed by atoms with Gasteiger partial charge in [-0.2, -0.15) is 0 Å². The summed E-state index contributed by atoms with van der Waals surface area (Å²) < 4.78 is 30.4. The fourth-order valence-corrected chi connectivity index (χ4v) is 10.6. The minimum Gasteiger partial charge on any atom is -0.756 e. The van der Waals surface area contributed by atoms with Crippen molar-refractivity contribution in [1.82, 2.24) is 5.32 Å². The summed E-state index contributed by atoms with van der Waals surface area (Å²) in [6.45, 7) is 6.71. The van der Waals surface area contributed by atoms with Crippen molar-refractivity contribution in [2.45, 2.75) is 322 Å².